The summed E-state index contributed by atoms with van der Waals surface area (Å²) in [6.45, 7) is 8.49. The molecule has 1 atom stereocenters. The van der Waals surface area contributed by atoms with Crippen LogP contribution in [0.3, 0.4) is 0 Å². The molecular weight excluding hydrogens is 142 g/mol. The molecule has 0 fully saturated rings. The lowest BCUT2D eigenvalue weighted by Gasteiger charge is -2.29. The van der Waals surface area contributed by atoms with E-state index in [1.165, 1.54) is 0 Å². The van der Waals surface area contributed by atoms with Gasteiger partial charge in [-0.2, -0.15) is 0 Å². The van der Waals surface area contributed by atoms with E-state index < -0.39 is 6.41 Å². The molecule has 0 unspecified atom stereocenters. The van der Waals surface area contributed by atoms with E-state index in [0.717, 1.165) is 6.54 Å². The van der Waals surface area contributed by atoms with Crippen molar-refractivity contribution < 1.29 is 9.84 Å². The van der Waals surface area contributed by atoms with Gasteiger partial charge >= 0.3 is 0 Å². The first-order valence-corrected chi connectivity index (χ1v) is 3.93. The number of ether oxygens (including phenoxy) is 1. The van der Waals surface area contributed by atoms with Crippen LogP contribution in [0.15, 0.2) is 0 Å². The van der Waals surface area contributed by atoms with Crippen molar-refractivity contribution in [1.29, 1.82) is 0 Å². The number of rotatable bonds is 3. The lowest BCUT2D eigenvalue weighted by molar-refractivity contribution is -0.231. The Morgan fingerprint density at radius 3 is 2.18 bits per heavy atom. The Morgan fingerprint density at radius 2 is 1.91 bits per heavy atom. The summed E-state index contributed by atoms with van der Waals surface area (Å²) in [7, 11) is 1.82. The maximum atomic E-state index is 9.36. The second-order valence-corrected chi connectivity index (χ2v) is 3.63. The Morgan fingerprint density at radius 1 is 1.45 bits per heavy atom. The zero-order valence-electron chi connectivity index (χ0n) is 8.09. The molecule has 0 bridgehead atoms. The fourth-order valence-corrected chi connectivity index (χ4v) is 0.562. The molecule has 0 saturated heterocycles. The van der Waals surface area contributed by atoms with E-state index in [1.54, 1.807) is 4.90 Å². The Labute approximate surface area is 69.0 Å². The standard InChI is InChI=1S/C8H19NO2/c1-6-9(5)7(10)11-8(2,3)4/h7,10H,6H2,1-5H3/t7-/m1/s1. The van der Waals surface area contributed by atoms with Crippen LogP contribution >= 0.6 is 0 Å². The molecular formula is C8H19NO2. The average Bonchev–Trinajstić information content (AvgIpc) is 1.82. The van der Waals surface area contributed by atoms with Gasteiger partial charge in [0, 0.05) is 0 Å². The van der Waals surface area contributed by atoms with Crippen molar-refractivity contribution >= 4 is 0 Å². The van der Waals surface area contributed by atoms with E-state index in [9.17, 15) is 5.11 Å². The van der Waals surface area contributed by atoms with Gasteiger partial charge in [0.2, 0.25) is 6.41 Å². The molecule has 0 aliphatic carbocycles. The van der Waals surface area contributed by atoms with Crippen LogP contribution in [0, 0.1) is 0 Å². The van der Waals surface area contributed by atoms with Gasteiger partial charge in [0.1, 0.15) is 0 Å². The molecule has 0 aliphatic rings. The molecule has 0 radical (unpaired) electrons. The molecule has 0 aromatic rings. The largest absolute Gasteiger partial charge is 0.356 e. The Kier molecular flexibility index (Phi) is 4.00. The number of aliphatic hydroxyl groups excluding tert-OH is 1. The molecule has 1 N–H and O–H groups in total. The number of aliphatic hydroxyl groups is 1. The van der Waals surface area contributed by atoms with Gasteiger partial charge in [0.25, 0.3) is 0 Å². The minimum absolute atomic E-state index is 0.289. The van der Waals surface area contributed by atoms with Crippen molar-refractivity contribution in [2.75, 3.05) is 13.6 Å². The summed E-state index contributed by atoms with van der Waals surface area (Å²) in [6.07, 6.45) is -0.792. The number of hydrogen-bond donors (Lipinski definition) is 1. The van der Waals surface area contributed by atoms with Gasteiger partial charge in [-0.25, -0.2) is 0 Å². The third kappa shape index (κ3) is 5.18. The SMILES string of the molecule is CCN(C)[C@H](O)OC(C)(C)C. The third-order valence-electron chi connectivity index (χ3n) is 1.33. The van der Waals surface area contributed by atoms with Gasteiger partial charge in [-0.3, -0.25) is 4.90 Å². The Bertz CT molecular complexity index is 109. The van der Waals surface area contributed by atoms with E-state index in [2.05, 4.69) is 0 Å². The van der Waals surface area contributed by atoms with Crippen LogP contribution in [-0.2, 0) is 4.74 Å². The molecule has 0 saturated carbocycles. The maximum absolute atomic E-state index is 9.36. The summed E-state index contributed by atoms with van der Waals surface area (Å²) in [6, 6.07) is 0. The Balaban J connectivity index is 3.77. The summed E-state index contributed by atoms with van der Waals surface area (Å²) in [5, 5.41) is 9.36. The van der Waals surface area contributed by atoms with Gasteiger partial charge < -0.3 is 9.84 Å². The van der Waals surface area contributed by atoms with Gasteiger partial charge in [0.15, 0.2) is 0 Å². The normalized spacial score (nSPS) is 15.5. The first-order valence-electron chi connectivity index (χ1n) is 3.93. The van der Waals surface area contributed by atoms with Crippen molar-refractivity contribution in [2.45, 2.75) is 39.7 Å². The van der Waals surface area contributed by atoms with E-state index in [1.807, 2.05) is 34.7 Å². The molecule has 0 aromatic carbocycles. The van der Waals surface area contributed by atoms with Crippen molar-refractivity contribution in [3.8, 4) is 0 Å². The average molecular weight is 161 g/mol. The van der Waals surface area contributed by atoms with Gasteiger partial charge in [-0.15, -0.1) is 0 Å². The van der Waals surface area contributed by atoms with Crippen LogP contribution in [0.4, 0.5) is 0 Å². The maximum Gasteiger partial charge on any atom is 0.216 e. The van der Waals surface area contributed by atoms with E-state index in [4.69, 9.17) is 4.74 Å². The molecule has 0 aromatic heterocycles. The monoisotopic (exact) mass is 161 g/mol. The summed E-state index contributed by atoms with van der Waals surface area (Å²) >= 11 is 0. The molecule has 0 amide bonds. The number of hydrogen-bond acceptors (Lipinski definition) is 3. The minimum atomic E-state index is -0.792. The second-order valence-electron chi connectivity index (χ2n) is 3.63. The van der Waals surface area contributed by atoms with Crippen molar-refractivity contribution in [3.63, 3.8) is 0 Å². The Hall–Kier alpha value is -0.120. The van der Waals surface area contributed by atoms with Gasteiger partial charge in [0.05, 0.1) is 5.60 Å². The quantitative estimate of drug-likeness (QED) is 0.627. The van der Waals surface area contributed by atoms with Crippen LogP contribution in [0.2, 0.25) is 0 Å². The highest BCUT2D eigenvalue weighted by Gasteiger charge is 2.18. The molecule has 68 valence electrons. The summed E-state index contributed by atoms with van der Waals surface area (Å²) in [5.74, 6) is 0. The highest BCUT2D eigenvalue weighted by Crippen LogP contribution is 2.10. The van der Waals surface area contributed by atoms with Gasteiger partial charge in [-0.1, -0.05) is 6.92 Å². The van der Waals surface area contributed by atoms with Gasteiger partial charge in [-0.05, 0) is 34.4 Å². The van der Waals surface area contributed by atoms with E-state index in [-0.39, 0.29) is 5.60 Å². The van der Waals surface area contributed by atoms with Crippen LogP contribution < -0.4 is 0 Å². The van der Waals surface area contributed by atoms with E-state index >= 15 is 0 Å². The molecule has 3 heteroatoms. The lowest BCUT2D eigenvalue weighted by Crippen LogP contribution is -2.39. The van der Waals surface area contributed by atoms with Crippen LogP contribution in [0.5, 0.6) is 0 Å². The summed E-state index contributed by atoms with van der Waals surface area (Å²) in [5.41, 5.74) is -0.289. The second kappa shape index (κ2) is 4.04. The summed E-state index contributed by atoms with van der Waals surface area (Å²) in [4.78, 5) is 1.73. The van der Waals surface area contributed by atoms with Crippen LogP contribution in [-0.4, -0.2) is 35.6 Å². The molecule has 11 heavy (non-hydrogen) atoms. The fraction of sp³-hybridized carbons (Fsp3) is 1.00. The minimum Gasteiger partial charge on any atom is -0.356 e. The van der Waals surface area contributed by atoms with E-state index in [0.29, 0.717) is 0 Å². The third-order valence-corrected chi connectivity index (χ3v) is 1.33. The molecule has 0 heterocycles. The molecule has 3 nitrogen and oxygen atoms in total. The first-order chi connectivity index (χ1) is 4.87. The highest BCUT2D eigenvalue weighted by atomic mass is 16.6. The fourth-order valence-electron chi connectivity index (χ4n) is 0.562. The molecule has 0 aliphatic heterocycles. The van der Waals surface area contributed by atoms with Crippen molar-refractivity contribution in [2.24, 2.45) is 0 Å². The zero-order valence-corrected chi connectivity index (χ0v) is 8.09. The van der Waals surface area contributed by atoms with Crippen molar-refractivity contribution in [3.05, 3.63) is 0 Å². The van der Waals surface area contributed by atoms with Crippen LogP contribution in [0.25, 0.3) is 0 Å². The van der Waals surface area contributed by atoms with Crippen molar-refractivity contribution in [1.82, 2.24) is 4.90 Å². The smallest absolute Gasteiger partial charge is 0.216 e. The van der Waals surface area contributed by atoms with Crippen LogP contribution in [0.1, 0.15) is 27.7 Å². The lowest BCUT2D eigenvalue weighted by atomic mass is 10.2. The predicted octanol–water partition coefficient (Wildman–Crippen LogP) is 1.03. The first kappa shape index (κ1) is 10.9. The number of nitrogens with zero attached hydrogens (tertiary/aromatic N) is 1. The zero-order chi connectivity index (χ0) is 9.07. The highest BCUT2D eigenvalue weighted by molar-refractivity contribution is 4.59. The topological polar surface area (TPSA) is 32.7 Å². The molecule has 0 spiro atoms. The predicted molar refractivity (Wildman–Crippen MR) is 45.1 cm³/mol. The summed E-state index contributed by atoms with van der Waals surface area (Å²) < 4.78 is 5.27. The molecule has 0 rings (SSSR count).